The molecule has 0 unspecified atom stereocenters. The Kier molecular flexibility index (Phi) is 5.33. The summed E-state index contributed by atoms with van der Waals surface area (Å²) in [4.78, 5) is 9.73. The second-order valence-electron chi connectivity index (χ2n) is 3.55. The molecule has 0 aliphatic carbocycles. The van der Waals surface area contributed by atoms with E-state index in [0.29, 0.717) is 21.7 Å². The minimum atomic E-state index is -4.37. The Bertz CT molecular complexity index is 589. The summed E-state index contributed by atoms with van der Waals surface area (Å²) in [6, 6.07) is 0.713. The molecule has 1 heterocycles. The molecule has 0 atom stereocenters. The number of nitrogen functional groups attached to an aromatic ring is 1. The van der Waals surface area contributed by atoms with Crippen molar-refractivity contribution in [3.63, 3.8) is 0 Å². The molecule has 1 aromatic heterocycles. The molecule has 0 spiro atoms. The molecule has 0 aliphatic heterocycles. The van der Waals surface area contributed by atoms with Crippen molar-refractivity contribution in [1.29, 1.82) is 0 Å². The number of aliphatic hydroxyl groups excluding tert-OH is 1. The van der Waals surface area contributed by atoms with Crippen LogP contribution in [0.2, 0.25) is 0 Å². The standard InChI is InChI=1S/C8H11F2N3O5S2/c9-6(10)4-12(1-2-14)20(17,18)7-3-5(13(15)16)8(11)19-7/h3,6,14H,1-2,4,11H2. The van der Waals surface area contributed by atoms with Crippen LogP contribution in [0.15, 0.2) is 10.3 Å². The van der Waals surface area contributed by atoms with Gasteiger partial charge >= 0.3 is 5.69 Å². The summed E-state index contributed by atoms with van der Waals surface area (Å²) in [6.45, 7) is -2.32. The largest absolute Gasteiger partial charge is 0.395 e. The van der Waals surface area contributed by atoms with Crippen molar-refractivity contribution in [2.24, 2.45) is 0 Å². The van der Waals surface area contributed by atoms with E-state index in [2.05, 4.69) is 0 Å². The minimum Gasteiger partial charge on any atom is -0.395 e. The van der Waals surface area contributed by atoms with Gasteiger partial charge in [0.15, 0.2) is 5.00 Å². The van der Waals surface area contributed by atoms with Crippen LogP contribution in [0.25, 0.3) is 0 Å². The Labute approximate surface area is 116 Å². The maximum absolute atomic E-state index is 12.3. The number of hydrogen-bond donors (Lipinski definition) is 2. The number of nitrogens with zero attached hydrogens (tertiary/aromatic N) is 2. The molecule has 0 radical (unpaired) electrons. The average Bonchev–Trinajstić information content (AvgIpc) is 2.71. The van der Waals surface area contributed by atoms with Gasteiger partial charge in [-0.3, -0.25) is 10.1 Å². The Morgan fingerprint density at radius 2 is 2.15 bits per heavy atom. The molecule has 0 saturated heterocycles. The predicted octanol–water partition coefficient (Wildman–Crippen LogP) is 0.487. The molecule has 0 aliphatic rings. The van der Waals surface area contributed by atoms with Crippen LogP contribution in [0.3, 0.4) is 0 Å². The van der Waals surface area contributed by atoms with Crippen LogP contribution >= 0.6 is 11.3 Å². The van der Waals surface area contributed by atoms with Gasteiger partial charge in [0.25, 0.3) is 16.4 Å². The van der Waals surface area contributed by atoms with E-state index in [1.54, 1.807) is 0 Å². The second-order valence-corrected chi connectivity index (χ2v) is 6.80. The molecular weight excluding hydrogens is 320 g/mol. The number of hydrogen-bond acceptors (Lipinski definition) is 7. The number of alkyl halides is 2. The van der Waals surface area contributed by atoms with Crippen LogP contribution in [-0.4, -0.2) is 48.9 Å². The fourth-order valence-electron chi connectivity index (χ4n) is 1.34. The molecule has 114 valence electrons. The fourth-order valence-corrected chi connectivity index (χ4v) is 4.12. The predicted molar refractivity (Wildman–Crippen MR) is 67.2 cm³/mol. The lowest BCUT2D eigenvalue weighted by molar-refractivity contribution is -0.383. The van der Waals surface area contributed by atoms with Crippen molar-refractivity contribution < 1.29 is 27.2 Å². The lowest BCUT2D eigenvalue weighted by Crippen LogP contribution is -2.36. The molecule has 0 amide bonds. The van der Waals surface area contributed by atoms with Crippen LogP contribution in [0.4, 0.5) is 19.5 Å². The Morgan fingerprint density at radius 3 is 2.55 bits per heavy atom. The number of aliphatic hydroxyl groups is 1. The highest BCUT2D eigenvalue weighted by molar-refractivity contribution is 7.91. The monoisotopic (exact) mass is 331 g/mol. The van der Waals surface area contributed by atoms with E-state index in [1.807, 2.05) is 0 Å². The highest BCUT2D eigenvalue weighted by atomic mass is 32.2. The third-order valence-corrected chi connectivity index (χ3v) is 5.47. The molecule has 0 bridgehead atoms. The summed E-state index contributed by atoms with van der Waals surface area (Å²) in [6.07, 6.45) is -2.94. The van der Waals surface area contributed by atoms with E-state index in [0.717, 1.165) is 0 Å². The Hall–Kier alpha value is -1.37. The van der Waals surface area contributed by atoms with Gasteiger partial charge in [-0.15, -0.1) is 0 Å². The molecule has 20 heavy (non-hydrogen) atoms. The molecule has 0 aromatic carbocycles. The Morgan fingerprint density at radius 1 is 1.55 bits per heavy atom. The normalized spacial score (nSPS) is 12.2. The van der Waals surface area contributed by atoms with E-state index in [9.17, 15) is 27.3 Å². The van der Waals surface area contributed by atoms with Gasteiger partial charge in [0.2, 0.25) is 0 Å². The zero-order valence-corrected chi connectivity index (χ0v) is 11.5. The van der Waals surface area contributed by atoms with Crippen molar-refractivity contribution in [1.82, 2.24) is 4.31 Å². The van der Waals surface area contributed by atoms with Crippen LogP contribution in [0, 0.1) is 10.1 Å². The van der Waals surface area contributed by atoms with Gasteiger partial charge in [0.05, 0.1) is 18.1 Å². The van der Waals surface area contributed by atoms with Crippen molar-refractivity contribution in [3.8, 4) is 0 Å². The van der Waals surface area contributed by atoms with E-state index in [1.165, 1.54) is 0 Å². The molecular formula is C8H11F2N3O5S2. The van der Waals surface area contributed by atoms with Gasteiger partial charge in [-0.2, -0.15) is 4.31 Å². The van der Waals surface area contributed by atoms with Crippen molar-refractivity contribution in [2.75, 3.05) is 25.4 Å². The quantitative estimate of drug-likeness (QED) is 0.553. The van der Waals surface area contributed by atoms with Gasteiger partial charge in [0, 0.05) is 12.6 Å². The molecule has 1 rings (SSSR count). The molecule has 3 N–H and O–H groups in total. The first kappa shape index (κ1) is 16.7. The maximum Gasteiger partial charge on any atom is 0.304 e. The average molecular weight is 331 g/mol. The number of anilines is 1. The number of nitro groups is 1. The van der Waals surface area contributed by atoms with Crippen LogP contribution in [-0.2, 0) is 10.0 Å². The lowest BCUT2D eigenvalue weighted by Gasteiger charge is -2.19. The number of halogens is 2. The molecule has 0 saturated carbocycles. The van der Waals surface area contributed by atoms with Crippen LogP contribution in [0.5, 0.6) is 0 Å². The number of sulfonamides is 1. The van der Waals surface area contributed by atoms with Gasteiger partial charge in [-0.25, -0.2) is 17.2 Å². The van der Waals surface area contributed by atoms with Crippen molar-refractivity contribution in [3.05, 3.63) is 16.2 Å². The maximum atomic E-state index is 12.3. The first-order valence-electron chi connectivity index (χ1n) is 5.13. The lowest BCUT2D eigenvalue weighted by atomic mass is 10.5. The van der Waals surface area contributed by atoms with E-state index < -0.39 is 51.0 Å². The third kappa shape index (κ3) is 3.59. The summed E-state index contributed by atoms with van der Waals surface area (Å²) < 4.78 is 48.7. The smallest absolute Gasteiger partial charge is 0.304 e. The highest BCUT2D eigenvalue weighted by Gasteiger charge is 2.31. The van der Waals surface area contributed by atoms with Gasteiger partial charge in [-0.05, 0) is 0 Å². The SMILES string of the molecule is Nc1sc(S(=O)(=O)N(CCO)CC(F)F)cc1[N+](=O)[O-]. The first-order valence-corrected chi connectivity index (χ1v) is 7.38. The summed E-state index contributed by atoms with van der Waals surface area (Å²) >= 11 is 0.411. The van der Waals surface area contributed by atoms with Gasteiger partial charge in [0.1, 0.15) is 4.21 Å². The van der Waals surface area contributed by atoms with E-state index in [-0.39, 0.29) is 5.00 Å². The molecule has 8 nitrogen and oxygen atoms in total. The Balaban J connectivity index is 3.19. The van der Waals surface area contributed by atoms with Crippen molar-refractivity contribution in [2.45, 2.75) is 10.6 Å². The second kappa shape index (κ2) is 6.39. The topological polar surface area (TPSA) is 127 Å². The number of thiophene rings is 1. The van der Waals surface area contributed by atoms with Gasteiger partial charge in [-0.1, -0.05) is 11.3 Å². The number of rotatable bonds is 7. The number of nitrogens with two attached hydrogens (primary N) is 1. The zero-order valence-electron chi connectivity index (χ0n) is 9.90. The summed E-state index contributed by atoms with van der Waals surface area (Å²) in [5, 5.41) is 19.0. The molecule has 12 heteroatoms. The van der Waals surface area contributed by atoms with Crippen molar-refractivity contribution >= 4 is 32.0 Å². The third-order valence-electron chi connectivity index (χ3n) is 2.20. The highest BCUT2D eigenvalue weighted by Crippen LogP contribution is 2.35. The minimum absolute atomic E-state index is 0.338. The molecule has 0 fully saturated rings. The summed E-state index contributed by atoms with van der Waals surface area (Å²) in [5.74, 6) is 0. The summed E-state index contributed by atoms with van der Waals surface area (Å²) in [5.41, 5.74) is 4.71. The zero-order chi connectivity index (χ0) is 15.5. The first-order chi connectivity index (χ1) is 9.20. The summed E-state index contributed by atoms with van der Waals surface area (Å²) in [7, 11) is -4.37. The van der Waals surface area contributed by atoms with E-state index in [4.69, 9.17) is 10.8 Å². The van der Waals surface area contributed by atoms with Gasteiger partial charge < -0.3 is 10.8 Å². The molecule has 1 aromatic rings. The van der Waals surface area contributed by atoms with E-state index >= 15 is 0 Å². The van der Waals surface area contributed by atoms with Crippen LogP contribution < -0.4 is 5.73 Å². The van der Waals surface area contributed by atoms with Crippen LogP contribution in [0.1, 0.15) is 0 Å². The fraction of sp³-hybridized carbons (Fsp3) is 0.500.